The van der Waals surface area contributed by atoms with E-state index in [1.165, 1.54) is 16.7 Å². The number of carbonyl (C=O) groups excluding carboxylic acids is 2. The molecule has 34 heavy (non-hydrogen) atoms. The van der Waals surface area contributed by atoms with Gasteiger partial charge in [0.15, 0.2) is 0 Å². The van der Waals surface area contributed by atoms with Crippen molar-refractivity contribution in [1.82, 2.24) is 25.5 Å². The molecule has 0 radical (unpaired) electrons. The molecule has 9 nitrogen and oxygen atoms in total. The second-order valence-electron chi connectivity index (χ2n) is 7.68. The normalized spacial score (nSPS) is 10.8. The Morgan fingerprint density at radius 1 is 1.12 bits per heavy atom. The summed E-state index contributed by atoms with van der Waals surface area (Å²) in [7, 11) is 1.65. The number of furan rings is 1. The molecule has 0 atom stereocenters. The number of rotatable bonds is 8. The fraction of sp³-hybridized carbons (Fsp3) is 0.208. The molecule has 2 aromatic heterocycles. The fourth-order valence-electron chi connectivity index (χ4n) is 3.45. The second-order valence-corrected chi connectivity index (χ2v) is 8.63. The molecule has 0 saturated heterocycles. The van der Waals surface area contributed by atoms with Crippen LogP contribution >= 0.6 is 11.8 Å². The van der Waals surface area contributed by atoms with Gasteiger partial charge in [0.25, 0.3) is 5.91 Å². The van der Waals surface area contributed by atoms with Crippen LogP contribution in [0.5, 0.6) is 0 Å². The van der Waals surface area contributed by atoms with Crippen molar-refractivity contribution < 1.29 is 14.0 Å². The molecule has 2 heterocycles. The van der Waals surface area contributed by atoms with Gasteiger partial charge in [0.2, 0.25) is 11.1 Å². The first-order valence-corrected chi connectivity index (χ1v) is 11.6. The van der Waals surface area contributed by atoms with Crippen molar-refractivity contribution in [2.24, 2.45) is 0 Å². The molecule has 1 N–H and O–H groups in total. The van der Waals surface area contributed by atoms with Crippen molar-refractivity contribution >= 4 is 29.3 Å². The summed E-state index contributed by atoms with van der Waals surface area (Å²) >= 11 is 1.24. The van der Waals surface area contributed by atoms with Crippen LogP contribution in [0.2, 0.25) is 0 Å². The molecule has 174 valence electrons. The first-order valence-electron chi connectivity index (χ1n) is 10.6. The van der Waals surface area contributed by atoms with Crippen LogP contribution in [0, 0.1) is 13.8 Å². The van der Waals surface area contributed by atoms with Gasteiger partial charge in [0, 0.05) is 7.05 Å². The predicted molar refractivity (Wildman–Crippen MR) is 129 cm³/mol. The largest absolute Gasteiger partial charge is 0.467 e. The van der Waals surface area contributed by atoms with E-state index in [1.54, 1.807) is 54.4 Å². The summed E-state index contributed by atoms with van der Waals surface area (Å²) in [6.07, 6.45) is 1.55. The van der Waals surface area contributed by atoms with Crippen LogP contribution in [0.1, 0.15) is 27.2 Å². The molecule has 10 heteroatoms. The molecule has 0 aliphatic rings. The van der Waals surface area contributed by atoms with Crippen molar-refractivity contribution in [1.29, 1.82) is 0 Å². The Kier molecular flexibility index (Phi) is 7.07. The van der Waals surface area contributed by atoms with Crippen LogP contribution in [-0.4, -0.2) is 44.8 Å². The predicted octanol–water partition coefficient (Wildman–Crippen LogP) is 3.56. The van der Waals surface area contributed by atoms with Crippen molar-refractivity contribution in [3.8, 4) is 5.69 Å². The number of benzene rings is 2. The molecular formula is C24H24N6O3S. The number of nitrogens with one attached hydrogen (secondary N) is 1. The summed E-state index contributed by atoms with van der Waals surface area (Å²) in [5.74, 6) is 0.266. The quantitative estimate of drug-likeness (QED) is 0.388. The molecule has 0 spiro atoms. The van der Waals surface area contributed by atoms with Crippen molar-refractivity contribution in [2.75, 3.05) is 17.7 Å². The number of aromatic nitrogens is 4. The molecule has 2 aromatic carbocycles. The lowest BCUT2D eigenvalue weighted by Crippen LogP contribution is -2.31. The molecule has 0 bridgehead atoms. The maximum Gasteiger partial charge on any atom is 0.253 e. The smallest absolute Gasteiger partial charge is 0.253 e. The average Bonchev–Trinajstić information content (AvgIpc) is 3.53. The molecule has 0 aliphatic carbocycles. The monoisotopic (exact) mass is 476 g/mol. The molecule has 0 unspecified atom stereocenters. The van der Waals surface area contributed by atoms with Gasteiger partial charge < -0.3 is 14.6 Å². The van der Waals surface area contributed by atoms with Gasteiger partial charge >= 0.3 is 0 Å². The van der Waals surface area contributed by atoms with E-state index in [9.17, 15) is 9.59 Å². The lowest BCUT2D eigenvalue weighted by atomic mass is 10.1. The lowest BCUT2D eigenvalue weighted by molar-refractivity contribution is -0.115. The van der Waals surface area contributed by atoms with E-state index in [4.69, 9.17) is 4.42 Å². The molecule has 0 saturated carbocycles. The Balaban J connectivity index is 1.44. The van der Waals surface area contributed by atoms with E-state index < -0.39 is 0 Å². The summed E-state index contributed by atoms with van der Waals surface area (Å²) in [6.45, 7) is 4.27. The number of thioether (sulfide) groups is 1. The molecular weight excluding hydrogens is 452 g/mol. The highest BCUT2D eigenvalue weighted by atomic mass is 32.2. The SMILES string of the molecule is Cc1ccc(-n2nnnc2SCC(=O)N(C)c2ccccc2C(=O)NCc2ccco2)c(C)c1. The summed E-state index contributed by atoms with van der Waals surface area (Å²) < 4.78 is 6.89. The average molecular weight is 477 g/mol. The molecule has 4 rings (SSSR count). The zero-order valence-corrected chi connectivity index (χ0v) is 19.9. The van der Waals surface area contributed by atoms with Crippen molar-refractivity contribution in [3.63, 3.8) is 0 Å². The summed E-state index contributed by atoms with van der Waals surface area (Å²) in [5.41, 5.74) is 3.95. The van der Waals surface area contributed by atoms with Crippen molar-refractivity contribution in [2.45, 2.75) is 25.5 Å². The van der Waals surface area contributed by atoms with Crippen LogP contribution in [0.4, 0.5) is 5.69 Å². The van der Waals surface area contributed by atoms with Gasteiger partial charge in [-0.1, -0.05) is 41.6 Å². The first kappa shape index (κ1) is 23.2. The number of aryl methyl sites for hydroxylation is 2. The number of carbonyl (C=O) groups is 2. The number of anilines is 1. The van der Waals surface area contributed by atoms with E-state index in [1.807, 2.05) is 26.0 Å². The summed E-state index contributed by atoms with van der Waals surface area (Å²) in [6, 6.07) is 16.5. The van der Waals surface area contributed by atoms with Gasteiger partial charge in [-0.3, -0.25) is 9.59 Å². The number of tetrazole rings is 1. The Hall–Kier alpha value is -3.92. The molecule has 0 fully saturated rings. The minimum atomic E-state index is -0.293. The lowest BCUT2D eigenvalue weighted by Gasteiger charge is -2.20. The third kappa shape index (κ3) is 5.18. The van der Waals surface area contributed by atoms with Gasteiger partial charge in [-0.15, -0.1) is 5.10 Å². The zero-order chi connectivity index (χ0) is 24.1. The van der Waals surface area contributed by atoms with E-state index in [0.717, 1.165) is 16.8 Å². The number of hydrogen-bond acceptors (Lipinski definition) is 7. The standard InChI is InChI=1S/C24H24N6O3S/c1-16-10-11-20(17(2)13-16)30-24(26-27-28-30)34-15-22(31)29(3)21-9-5-4-8-19(21)23(32)25-14-18-7-6-12-33-18/h4-13H,14-15H2,1-3H3,(H,25,32). The van der Waals surface area contributed by atoms with E-state index in [2.05, 4.69) is 26.9 Å². The first-order chi connectivity index (χ1) is 16.4. The number of amides is 2. The van der Waals surface area contributed by atoms with Gasteiger partial charge in [-0.25, -0.2) is 0 Å². The highest BCUT2D eigenvalue weighted by molar-refractivity contribution is 7.99. The summed E-state index contributed by atoms with van der Waals surface area (Å²) in [4.78, 5) is 27.2. The maximum atomic E-state index is 13.0. The maximum absolute atomic E-state index is 13.0. The molecule has 4 aromatic rings. The third-order valence-corrected chi connectivity index (χ3v) is 6.14. The Labute approximate surface area is 201 Å². The van der Waals surface area contributed by atoms with Crippen molar-refractivity contribution in [3.05, 3.63) is 83.3 Å². The Morgan fingerprint density at radius 3 is 2.71 bits per heavy atom. The van der Waals surface area contributed by atoms with E-state index in [-0.39, 0.29) is 24.1 Å². The van der Waals surface area contributed by atoms with Crippen LogP contribution in [0.25, 0.3) is 5.69 Å². The fourth-order valence-corrected chi connectivity index (χ4v) is 4.25. The molecule has 0 aliphatic heterocycles. The van der Waals surface area contributed by atoms with Gasteiger partial charge in [-0.2, -0.15) is 4.68 Å². The van der Waals surface area contributed by atoms with Crippen LogP contribution in [0.15, 0.2) is 70.4 Å². The molecule has 2 amide bonds. The van der Waals surface area contributed by atoms with Crippen LogP contribution in [-0.2, 0) is 11.3 Å². The topological polar surface area (TPSA) is 106 Å². The highest BCUT2D eigenvalue weighted by Gasteiger charge is 2.20. The number of para-hydroxylation sites is 1. The number of nitrogens with zero attached hydrogens (tertiary/aromatic N) is 5. The van der Waals surface area contributed by atoms with Gasteiger partial charge in [0.1, 0.15) is 5.76 Å². The highest BCUT2D eigenvalue weighted by Crippen LogP contribution is 2.24. The number of hydrogen-bond donors (Lipinski definition) is 1. The van der Waals surface area contributed by atoms with E-state index >= 15 is 0 Å². The van der Waals surface area contributed by atoms with Gasteiger partial charge in [0.05, 0.1) is 35.5 Å². The zero-order valence-electron chi connectivity index (χ0n) is 19.1. The van der Waals surface area contributed by atoms with Gasteiger partial charge in [-0.05, 0) is 60.2 Å². The minimum Gasteiger partial charge on any atom is -0.467 e. The Bertz CT molecular complexity index is 1300. The minimum absolute atomic E-state index is 0.101. The van der Waals surface area contributed by atoms with Crippen LogP contribution < -0.4 is 10.2 Å². The third-order valence-electron chi connectivity index (χ3n) is 5.23. The van der Waals surface area contributed by atoms with Crippen LogP contribution in [0.3, 0.4) is 0 Å². The second kappa shape index (κ2) is 10.3. The summed E-state index contributed by atoms with van der Waals surface area (Å²) in [5, 5.41) is 15.3. The van der Waals surface area contributed by atoms with E-state index in [0.29, 0.717) is 22.2 Å². The Morgan fingerprint density at radius 2 is 1.94 bits per heavy atom.